The Morgan fingerprint density at radius 2 is 1.60 bits per heavy atom. The maximum absolute atomic E-state index is 12.6. The molecule has 0 fully saturated rings. The van der Waals surface area contributed by atoms with Crippen LogP contribution in [0.5, 0.6) is 0 Å². The molecule has 2 aromatic heterocycles. The van der Waals surface area contributed by atoms with E-state index in [2.05, 4.69) is 25.6 Å². The Kier molecular flexibility index (Phi) is 5.26. The lowest BCUT2D eigenvalue weighted by molar-refractivity contribution is 0.102. The number of nitrogens with one attached hydrogen (secondary N) is 2. The number of aromatic nitrogens is 3. The van der Waals surface area contributed by atoms with Crippen molar-refractivity contribution in [1.29, 1.82) is 0 Å². The van der Waals surface area contributed by atoms with Gasteiger partial charge in [-0.15, -0.1) is 0 Å². The predicted octanol–water partition coefficient (Wildman–Crippen LogP) is 4.40. The molecule has 0 unspecified atom stereocenters. The average molecular weight is 398 g/mol. The molecule has 2 heterocycles. The number of fused-ring (bicyclic) bond motifs is 1. The molecule has 2 aromatic carbocycles. The lowest BCUT2D eigenvalue weighted by atomic mass is 10.2. The second-order valence-electron chi connectivity index (χ2n) is 7.10. The number of hydrogen-bond acceptors (Lipinski definition) is 6. The standard InChI is InChI=1S/C23H22N6O/c1-15-24-21(14-22(25-15)29(2)3)26-17-9-11-18(12-10-17)27-23(30)20-13-8-16-6-4-5-7-19(16)28-20/h4-14H,1-3H3,(H,27,30)(H,24,25,26). The number of benzene rings is 2. The highest BCUT2D eigenvalue weighted by atomic mass is 16.1. The lowest BCUT2D eigenvalue weighted by Gasteiger charge is -2.14. The van der Waals surface area contributed by atoms with Gasteiger partial charge in [0.15, 0.2) is 0 Å². The number of carbonyl (C=O) groups excluding carboxylic acids is 1. The molecule has 0 aliphatic heterocycles. The van der Waals surface area contributed by atoms with Crippen LogP contribution in [0.3, 0.4) is 0 Å². The molecule has 1 amide bonds. The van der Waals surface area contributed by atoms with Gasteiger partial charge in [0.05, 0.1) is 5.52 Å². The third-order valence-electron chi connectivity index (χ3n) is 4.53. The smallest absolute Gasteiger partial charge is 0.274 e. The third kappa shape index (κ3) is 4.35. The molecule has 4 rings (SSSR count). The largest absolute Gasteiger partial charge is 0.363 e. The molecule has 150 valence electrons. The van der Waals surface area contributed by atoms with E-state index in [1.54, 1.807) is 6.07 Å². The summed E-state index contributed by atoms with van der Waals surface area (Å²) in [5.74, 6) is 1.99. The molecule has 30 heavy (non-hydrogen) atoms. The first kappa shape index (κ1) is 19.3. The minimum absolute atomic E-state index is 0.247. The van der Waals surface area contributed by atoms with Gasteiger partial charge in [0.1, 0.15) is 23.2 Å². The van der Waals surface area contributed by atoms with Gasteiger partial charge in [0.25, 0.3) is 5.91 Å². The first-order valence-corrected chi connectivity index (χ1v) is 9.55. The van der Waals surface area contributed by atoms with Crippen LogP contribution in [0, 0.1) is 6.92 Å². The predicted molar refractivity (Wildman–Crippen MR) is 121 cm³/mol. The number of hydrogen-bond donors (Lipinski definition) is 2. The van der Waals surface area contributed by atoms with Gasteiger partial charge in [-0.2, -0.15) is 0 Å². The van der Waals surface area contributed by atoms with Crippen molar-refractivity contribution in [3.8, 4) is 0 Å². The van der Waals surface area contributed by atoms with Crippen molar-refractivity contribution in [2.24, 2.45) is 0 Å². The van der Waals surface area contributed by atoms with E-state index in [9.17, 15) is 4.79 Å². The summed E-state index contributed by atoms with van der Waals surface area (Å²) >= 11 is 0. The van der Waals surface area contributed by atoms with E-state index in [4.69, 9.17) is 0 Å². The summed E-state index contributed by atoms with van der Waals surface area (Å²) in [7, 11) is 3.88. The number of rotatable bonds is 5. The molecule has 2 N–H and O–H groups in total. The highest BCUT2D eigenvalue weighted by Crippen LogP contribution is 2.21. The summed E-state index contributed by atoms with van der Waals surface area (Å²) in [6.45, 7) is 1.86. The second kappa shape index (κ2) is 8.16. The molecule has 0 aliphatic rings. The number of nitrogens with zero attached hydrogens (tertiary/aromatic N) is 4. The monoisotopic (exact) mass is 398 g/mol. The maximum Gasteiger partial charge on any atom is 0.274 e. The number of carbonyl (C=O) groups is 1. The van der Waals surface area contributed by atoms with E-state index in [0.29, 0.717) is 23.0 Å². The van der Waals surface area contributed by atoms with Gasteiger partial charge in [-0.25, -0.2) is 15.0 Å². The average Bonchev–Trinajstić information content (AvgIpc) is 2.74. The molecule has 7 heteroatoms. The van der Waals surface area contributed by atoms with Gasteiger partial charge in [-0.1, -0.05) is 24.3 Å². The normalized spacial score (nSPS) is 10.6. The van der Waals surface area contributed by atoms with Crippen molar-refractivity contribution < 1.29 is 4.79 Å². The fourth-order valence-corrected chi connectivity index (χ4v) is 3.02. The zero-order chi connectivity index (χ0) is 21.1. The Bertz CT molecular complexity index is 1200. The van der Waals surface area contributed by atoms with Crippen molar-refractivity contribution in [2.75, 3.05) is 29.6 Å². The van der Waals surface area contributed by atoms with E-state index >= 15 is 0 Å². The van der Waals surface area contributed by atoms with E-state index < -0.39 is 0 Å². The Morgan fingerprint density at radius 3 is 2.37 bits per heavy atom. The van der Waals surface area contributed by atoms with Crippen molar-refractivity contribution in [1.82, 2.24) is 15.0 Å². The number of para-hydroxylation sites is 1. The number of anilines is 4. The molecule has 0 atom stereocenters. The first-order valence-electron chi connectivity index (χ1n) is 9.55. The minimum Gasteiger partial charge on any atom is -0.363 e. The summed E-state index contributed by atoms with van der Waals surface area (Å²) in [5.41, 5.74) is 2.72. The van der Waals surface area contributed by atoms with E-state index in [-0.39, 0.29) is 5.91 Å². The van der Waals surface area contributed by atoms with Crippen LogP contribution in [0.1, 0.15) is 16.3 Å². The van der Waals surface area contributed by atoms with Gasteiger partial charge in [0.2, 0.25) is 0 Å². The maximum atomic E-state index is 12.6. The highest BCUT2D eigenvalue weighted by Gasteiger charge is 2.09. The van der Waals surface area contributed by atoms with Crippen LogP contribution < -0.4 is 15.5 Å². The van der Waals surface area contributed by atoms with Crippen LogP contribution in [-0.2, 0) is 0 Å². The van der Waals surface area contributed by atoms with E-state index in [1.165, 1.54) is 0 Å². The van der Waals surface area contributed by atoms with Crippen LogP contribution >= 0.6 is 0 Å². The molecular weight excluding hydrogens is 376 g/mol. The number of pyridine rings is 1. The van der Waals surface area contributed by atoms with Gasteiger partial charge in [-0.3, -0.25) is 4.79 Å². The SMILES string of the molecule is Cc1nc(Nc2ccc(NC(=O)c3ccc4ccccc4n3)cc2)cc(N(C)C)n1. The summed E-state index contributed by atoms with van der Waals surface area (Å²) in [4.78, 5) is 27.7. The summed E-state index contributed by atoms with van der Waals surface area (Å²) < 4.78 is 0. The van der Waals surface area contributed by atoms with Crippen LogP contribution in [0.15, 0.2) is 66.7 Å². The Morgan fingerprint density at radius 1 is 0.867 bits per heavy atom. The zero-order valence-corrected chi connectivity index (χ0v) is 17.0. The van der Waals surface area contributed by atoms with E-state index in [1.807, 2.05) is 86.6 Å². The zero-order valence-electron chi connectivity index (χ0n) is 17.0. The molecule has 0 saturated heterocycles. The fourth-order valence-electron chi connectivity index (χ4n) is 3.02. The van der Waals surface area contributed by atoms with Gasteiger partial charge in [-0.05, 0) is 43.3 Å². The minimum atomic E-state index is -0.247. The molecule has 0 spiro atoms. The van der Waals surface area contributed by atoms with Crippen molar-refractivity contribution in [2.45, 2.75) is 6.92 Å². The fraction of sp³-hybridized carbons (Fsp3) is 0.130. The van der Waals surface area contributed by atoms with Crippen LogP contribution in [0.25, 0.3) is 10.9 Å². The van der Waals surface area contributed by atoms with Gasteiger partial charge < -0.3 is 15.5 Å². The molecule has 4 aromatic rings. The molecule has 0 saturated carbocycles. The topological polar surface area (TPSA) is 83.0 Å². The molecule has 7 nitrogen and oxygen atoms in total. The number of aryl methyl sites for hydroxylation is 1. The van der Waals surface area contributed by atoms with Gasteiger partial charge in [0, 0.05) is 36.9 Å². The van der Waals surface area contributed by atoms with Crippen LogP contribution in [0.4, 0.5) is 23.0 Å². The summed E-state index contributed by atoms with van der Waals surface area (Å²) in [6, 6.07) is 20.7. The Balaban J connectivity index is 1.46. The Hall–Kier alpha value is -4.00. The molecule has 0 radical (unpaired) electrons. The van der Waals surface area contributed by atoms with Crippen LogP contribution in [-0.4, -0.2) is 35.0 Å². The van der Waals surface area contributed by atoms with Gasteiger partial charge >= 0.3 is 0 Å². The first-order chi connectivity index (χ1) is 14.5. The number of amides is 1. The highest BCUT2D eigenvalue weighted by molar-refractivity contribution is 6.04. The van der Waals surface area contributed by atoms with Crippen molar-refractivity contribution in [3.63, 3.8) is 0 Å². The summed E-state index contributed by atoms with van der Waals surface area (Å²) in [6.07, 6.45) is 0. The van der Waals surface area contributed by atoms with Crippen LogP contribution in [0.2, 0.25) is 0 Å². The summed E-state index contributed by atoms with van der Waals surface area (Å²) in [5, 5.41) is 7.16. The second-order valence-corrected chi connectivity index (χ2v) is 7.10. The lowest BCUT2D eigenvalue weighted by Crippen LogP contribution is -2.13. The molecule has 0 bridgehead atoms. The van der Waals surface area contributed by atoms with Crippen molar-refractivity contribution in [3.05, 3.63) is 78.2 Å². The van der Waals surface area contributed by atoms with Crippen molar-refractivity contribution >= 4 is 39.8 Å². The Labute approximate surface area is 174 Å². The molecule has 0 aliphatic carbocycles. The quantitative estimate of drug-likeness (QED) is 0.519. The van der Waals surface area contributed by atoms with E-state index in [0.717, 1.165) is 22.4 Å². The third-order valence-corrected chi connectivity index (χ3v) is 4.53. The molecular formula is C23H22N6O.